The van der Waals surface area contributed by atoms with Gasteiger partial charge in [0.25, 0.3) is 0 Å². The standard InChI is InChI=1S/C14H22N4O2/c1-2-5-16-13-14(19)18(6-3-4-15)8-7-17-9-11-20-12-10-17/h1,16H,3,5-13H2. The second kappa shape index (κ2) is 10.2. The maximum Gasteiger partial charge on any atom is 0.236 e. The molecule has 0 aromatic heterocycles. The van der Waals surface area contributed by atoms with Crippen LogP contribution in [0.25, 0.3) is 0 Å². The predicted octanol–water partition coefficient (Wildman–Crippen LogP) is -0.716. The number of carbonyl (C=O) groups excluding carboxylic acids is 1. The highest BCUT2D eigenvalue weighted by Crippen LogP contribution is 1.99. The Morgan fingerprint density at radius 3 is 2.80 bits per heavy atom. The van der Waals surface area contributed by atoms with Gasteiger partial charge in [0.15, 0.2) is 0 Å². The third-order valence-electron chi connectivity index (χ3n) is 3.14. The van der Waals surface area contributed by atoms with Gasteiger partial charge in [0, 0.05) is 32.7 Å². The summed E-state index contributed by atoms with van der Waals surface area (Å²) in [5.74, 6) is 2.42. The normalized spacial score (nSPS) is 15.3. The number of nitrogens with zero attached hydrogens (tertiary/aromatic N) is 3. The van der Waals surface area contributed by atoms with Crippen molar-refractivity contribution in [2.24, 2.45) is 0 Å². The van der Waals surface area contributed by atoms with Crippen molar-refractivity contribution in [3.8, 4) is 18.4 Å². The molecule has 0 spiro atoms. The van der Waals surface area contributed by atoms with Crippen LogP contribution in [0.5, 0.6) is 0 Å². The molecule has 0 radical (unpaired) electrons. The molecule has 6 nitrogen and oxygen atoms in total. The van der Waals surface area contributed by atoms with Gasteiger partial charge in [-0.2, -0.15) is 5.26 Å². The van der Waals surface area contributed by atoms with E-state index in [2.05, 4.69) is 22.2 Å². The summed E-state index contributed by atoms with van der Waals surface area (Å²) in [5.41, 5.74) is 0. The minimum Gasteiger partial charge on any atom is -0.379 e. The number of nitriles is 1. The molecule has 0 aliphatic carbocycles. The van der Waals surface area contributed by atoms with Gasteiger partial charge < -0.3 is 9.64 Å². The van der Waals surface area contributed by atoms with Gasteiger partial charge in [0.2, 0.25) is 5.91 Å². The van der Waals surface area contributed by atoms with E-state index in [0.717, 1.165) is 32.8 Å². The highest BCUT2D eigenvalue weighted by Gasteiger charge is 2.16. The van der Waals surface area contributed by atoms with Crippen LogP contribution < -0.4 is 5.32 Å². The zero-order chi connectivity index (χ0) is 14.6. The first kappa shape index (κ1) is 16.5. The van der Waals surface area contributed by atoms with Gasteiger partial charge in [-0.05, 0) is 0 Å². The summed E-state index contributed by atoms with van der Waals surface area (Å²) in [4.78, 5) is 16.0. The van der Waals surface area contributed by atoms with Crippen LogP contribution in [-0.2, 0) is 9.53 Å². The Hall–Kier alpha value is -1.60. The fourth-order valence-electron chi connectivity index (χ4n) is 1.99. The molecule has 0 saturated carbocycles. The molecular formula is C14H22N4O2. The van der Waals surface area contributed by atoms with Crippen molar-refractivity contribution in [2.45, 2.75) is 6.42 Å². The molecule has 1 aliphatic rings. The molecule has 0 aromatic rings. The molecule has 0 aromatic carbocycles. The highest BCUT2D eigenvalue weighted by atomic mass is 16.5. The molecule has 0 unspecified atom stereocenters. The Morgan fingerprint density at radius 2 is 2.15 bits per heavy atom. The molecule has 20 heavy (non-hydrogen) atoms. The lowest BCUT2D eigenvalue weighted by atomic mass is 10.3. The van der Waals surface area contributed by atoms with E-state index in [9.17, 15) is 4.79 Å². The third-order valence-corrected chi connectivity index (χ3v) is 3.14. The van der Waals surface area contributed by atoms with Crippen LogP contribution in [0, 0.1) is 23.7 Å². The van der Waals surface area contributed by atoms with Crippen molar-refractivity contribution in [3.63, 3.8) is 0 Å². The predicted molar refractivity (Wildman–Crippen MR) is 75.8 cm³/mol. The smallest absolute Gasteiger partial charge is 0.236 e. The van der Waals surface area contributed by atoms with Crippen molar-refractivity contribution in [1.29, 1.82) is 5.26 Å². The summed E-state index contributed by atoms with van der Waals surface area (Å²) in [6.07, 6.45) is 5.48. The number of ether oxygens (including phenoxy) is 1. The largest absolute Gasteiger partial charge is 0.379 e. The van der Waals surface area contributed by atoms with Crippen molar-refractivity contribution in [2.75, 3.05) is 59.0 Å². The molecule has 1 N–H and O–H groups in total. The zero-order valence-electron chi connectivity index (χ0n) is 11.8. The second-order valence-electron chi connectivity index (χ2n) is 4.55. The van der Waals surface area contributed by atoms with Crippen molar-refractivity contribution in [1.82, 2.24) is 15.1 Å². The maximum atomic E-state index is 12.0. The molecule has 6 heteroatoms. The van der Waals surface area contributed by atoms with Crippen molar-refractivity contribution >= 4 is 5.91 Å². The monoisotopic (exact) mass is 278 g/mol. The van der Waals surface area contributed by atoms with Gasteiger partial charge in [-0.25, -0.2) is 0 Å². The molecule has 1 heterocycles. The lowest BCUT2D eigenvalue weighted by Crippen LogP contribution is -2.45. The molecule has 110 valence electrons. The van der Waals surface area contributed by atoms with E-state index < -0.39 is 0 Å². The molecule has 1 fully saturated rings. The van der Waals surface area contributed by atoms with Gasteiger partial charge in [0.1, 0.15) is 0 Å². The zero-order valence-corrected chi connectivity index (χ0v) is 11.8. The van der Waals surface area contributed by atoms with Crippen LogP contribution in [0.1, 0.15) is 6.42 Å². The fourth-order valence-corrected chi connectivity index (χ4v) is 1.99. The summed E-state index contributed by atoms with van der Waals surface area (Å²) >= 11 is 0. The van der Waals surface area contributed by atoms with E-state index in [1.807, 2.05) is 0 Å². The summed E-state index contributed by atoms with van der Waals surface area (Å²) in [6.45, 7) is 5.81. The Kier molecular flexibility index (Phi) is 8.41. The topological polar surface area (TPSA) is 68.6 Å². The fraction of sp³-hybridized carbons (Fsp3) is 0.714. The first-order chi connectivity index (χ1) is 9.77. The summed E-state index contributed by atoms with van der Waals surface area (Å²) in [5, 5.41) is 11.6. The number of morpholine rings is 1. The number of hydrogen-bond acceptors (Lipinski definition) is 5. The van der Waals surface area contributed by atoms with E-state index in [0.29, 0.717) is 26.1 Å². The SMILES string of the molecule is C#CCNCC(=O)N(CCC#N)CCN1CCOCC1. The van der Waals surface area contributed by atoms with E-state index >= 15 is 0 Å². The van der Waals surface area contributed by atoms with E-state index in [-0.39, 0.29) is 12.5 Å². The highest BCUT2D eigenvalue weighted by molar-refractivity contribution is 5.78. The first-order valence-corrected chi connectivity index (χ1v) is 6.87. The van der Waals surface area contributed by atoms with E-state index in [1.165, 1.54) is 0 Å². The summed E-state index contributed by atoms with van der Waals surface area (Å²) < 4.78 is 5.29. The molecule has 0 bridgehead atoms. The Morgan fingerprint density at radius 1 is 1.40 bits per heavy atom. The number of nitrogens with one attached hydrogen (secondary N) is 1. The molecule has 1 rings (SSSR count). The molecule has 1 saturated heterocycles. The number of rotatable bonds is 8. The second-order valence-corrected chi connectivity index (χ2v) is 4.55. The summed E-state index contributed by atoms with van der Waals surface area (Å²) in [6, 6.07) is 2.08. The minimum absolute atomic E-state index is 0.0104. The van der Waals surface area contributed by atoms with Crippen LogP contribution >= 0.6 is 0 Å². The van der Waals surface area contributed by atoms with Gasteiger partial charge in [-0.1, -0.05) is 5.92 Å². The first-order valence-electron chi connectivity index (χ1n) is 6.87. The minimum atomic E-state index is -0.0104. The molecular weight excluding hydrogens is 256 g/mol. The van der Waals surface area contributed by atoms with Crippen molar-refractivity contribution < 1.29 is 9.53 Å². The van der Waals surface area contributed by atoms with Crippen LogP contribution in [0.3, 0.4) is 0 Å². The van der Waals surface area contributed by atoms with E-state index in [4.69, 9.17) is 16.4 Å². The van der Waals surface area contributed by atoms with Gasteiger partial charge in [0.05, 0.1) is 38.8 Å². The Balaban J connectivity index is 2.35. The van der Waals surface area contributed by atoms with Crippen LogP contribution in [-0.4, -0.2) is 74.7 Å². The van der Waals surface area contributed by atoms with Gasteiger partial charge >= 0.3 is 0 Å². The average molecular weight is 278 g/mol. The maximum absolute atomic E-state index is 12.0. The van der Waals surface area contributed by atoms with E-state index in [1.54, 1.807) is 4.90 Å². The molecule has 1 amide bonds. The van der Waals surface area contributed by atoms with Crippen LogP contribution in [0.4, 0.5) is 0 Å². The number of carbonyl (C=O) groups is 1. The Labute approximate surface area is 120 Å². The summed E-state index contributed by atoms with van der Waals surface area (Å²) in [7, 11) is 0. The number of hydrogen-bond donors (Lipinski definition) is 1. The lowest BCUT2D eigenvalue weighted by molar-refractivity contribution is -0.130. The third kappa shape index (κ3) is 6.53. The van der Waals surface area contributed by atoms with Gasteiger partial charge in [-0.15, -0.1) is 6.42 Å². The number of amides is 1. The number of terminal acetylenes is 1. The van der Waals surface area contributed by atoms with Gasteiger partial charge in [-0.3, -0.25) is 15.0 Å². The van der Waals surface area contributed by atoms with Crippen molar-refractivity contribution in [3.05, 3.63) is 0 Å². The molecule has 1 aliphatic heterocycles. The average Bonchev–Trinajstić information content (AvgIpc) is 2.48. The molecule has 0 atom stereocenters. The quantitative estimate of drug-likeness (QED) is 0.469. The Bertz CT molecular complexity index is 366. The lowest BCUT2D eigenvalue weighted by Gasteiger charge is -2.29. The van der Waals surface area contributed by atoms with Crippen LogP contribution in [0.2, 0.25) is 0 Å². The van der Waals surface area contributed by atoms with Crippen LogP contribution in [0.15, 0.2) is 0 Å².